The lowest BCUT2D eigenvalue weighted by atomic mass is 9.97. The van der Waals surface area contributed by atoms with E-state index in [0.717, 1.165) is 16.9 Å². The first kappa shape index (κ1) is 21.2. The molecule has 6 heteroatoms. The highest BCUT2D eigenvalue weighted by molar-refractivity contribution is 5.94. The molecule has 3 aromatic rings. The van der Waals surface area contributed by atoms with Gasteiger partial charge in [-0.15, -0.1) is 0 Å². The van der Waals surface area contributed by atoms with E-state index in [0.29, 0.717) is 23.7 Å². The summed E-state index contributed by atoms with van der Waals surface area (Å²) in [5, 5.41) is 3.03. The van der Waals surface area contributed by atoms with Crippen molar-refractivity contribution in [1.82, 2.24) is 5.32 Å². The lowest BCUT2D eigenvalue weighted by Gasteiger charge is -2.21. The zero-order valence-electron chi connectivity index (χ0n) is 17.1. The van der Waals surface area contributed by atoms with Gasteiger partial charge in [0, 0.05) is 5.56 Å². The number of carbonyl (C=O) groups excluding carboxylic acids is 1. The summed E-state index contributed by atoms with van der Waals surface area (Å²) < 4.78 is 29.5. The zero-order valence-corrected chi connectivity index (χ0v) is 17.1. The first-order chi connectivity index (χ1) is 14.5. The van der Waals surface area contributed by atoms with Gasteiger partial charge < -0.3 is 19.5 Å². The smallest absolute Gasteiger partial charge is 0.252 e. The van der Waals surface area contributed by atoms with Crippen LogP contribution in [-0.2, 0) is 0 Å². The van der Waals surface area contributed by atoms with Gasteiger partial charge in [-0.1, -0.05) is 18.2 Å². The fourth-order valence-electron chi connectivity index (χ4n) is 3.13. The third-order valence-corrected chi connectivity index (χ3v) is 4.65. The molecular formula is C24H24FNO4. The standard InChI is InChI=1S/C24H24FNO4/c1-4-30-20-12-7-16(8-13-20)23(18-9-14-21(28-2)22(15-18)29-3)26-24(27)17-5-10-19(25)11-6-17/h5-15,23H,4H2,1-3H3,(H,26,27). The number of hydrogen-bond acceptors (Lipinski definition) is 4. The Morgan fingerprint density at radius 1 is 0.900 bits per heavy atom. The van der Waals surface area contributed by atoms with E-state index in [4.69, 9.17) is 14.2 Å². The van der Waals surface area contributed by atoms with Crippen molar-refractivity contribution in [2.75, 3.05) is 20.8 Å². The number of amides is 1. The second-order valence-corrected chi connectivity index (χ2v) is 6.53. The molecule has 0 fully saturated rings. The van der Waals surface area contributed by atoms with Crippen LogP contribution in [0.15, 0.2) is 66.7 Å². The predicted molar refractivity (Wildman–Crippen MR) is 113 cm³/mol. The van der Waals surface area contributed by atoms with Crippen LogP contribution in [-0.4, -0.2) is 26.7 Å². The maximum atomic E-state index is 13.2. The molecule has 0 saturated carbocycles. The van der Waals surface area contributed by atoms with Crippen molar-refractivity contribution in [3.05, 3.63) is 89.2 Å². The van der Waals surface area contributed by atoms with Crippen LogP contribution >= 0.6 is 0 Å². The Morgan fingerprint density at radius 3 is 2.13 bits per heavy atom. The van der Waals surface area contributed by atoms with Crippen molar-refractivity contribution >= 4 is 5.91 Å². The van der Waals surface area contributed by atoms with Crippen LogP contribution in [0.2, 0.25) is 0 Å². The molecule has 0 bridgehead atoms. The lowest BCUT2D eigenvalue weighted by molar-refractivity contribution is 0.0943. The Balaban J connectivity index is 1.97. The molecular weight excluding hydrogens is 385 g/mol. The number of carbonyl (C=O) groups is 1. The lowest BCUT2D eigenvalue weighted by Crippen LogP contribution is -2.29. The largest absolute Gasteiger partial charge is 0.494 e. The number of nitrogens with one attached hydrogen (secondary N) is 1. The van der Waals surface area contributed by atoms with E-state index in [1.165, 1.54) is 24.3 Å². The van der Waals surface area contributed by atoms with Crippen molar-refractivity contribution in [1.29, 1.82) is 0 Å². The van der Waals surface area contributed by atoms with Crippen LogP contribution in [0.25, 0.3) is 0 Å². The summed E-state index contributed by atoms with van der Waals surface area (Å²) in [4.78, 5) is 12.8. The van der Waals surface area contributed by atoms with Gasteiger partial charge in [-0.05, 0) is 66.6 Å². The highest BCUT2D eigenvalue weighted by Crippen LogP contribution is 2.33. The molecule has 0 spiro atoms. The highest BCUT2D eigenvalue weighted by Gasteiger charge is 2.20. The number of halogens is 1. The molecule has 0 aliphatic rings. The predicted octanol–water partition coefficient (Wildman–Crippen LogP) is 4.76. The van der Waals surface area contributed by atoms with Crippen molar-refractivity contribution in [3.63, 3.8) is 0 Å². The molecule has 156 valence electrons. The normalized spacial score (nSPS) is 11.5. The molecule has 0 heterocycles. The minimum Gasteiger partial charge on any atom is -0.494 e. The van der Waals surface area contributed by atoms with Crippen molar-refractivity contribution in [2.45, 2.75) is 13.0 Å². The van der Waals surface area contributed by atoms with Gasteiger partial charge in [0.25, 0.3) is 5.91 Å². The number of ether oxygens (including phenoxy) is 3. The van der Waals surface area contributed by atoms with Crippen LogP contribution < -0.4 is 19.5 Å². The van der Waals surface area contributed by atoms with Gasteiger partial charge in [0.15, 0.2) is 11.5 Å². The van der Waals surface area contributed by atoms with Gasteiger partial charge in [0.2, 0.25) is 0 Å². The van der Waals surface area contributed by atoms with E-state index in [2.05, 4.69) is 5.32 Å². The van der Waals surface area contributed by atoms with Gasteiger partial charge >= 0.3 is 0 Å². The molecule has 1 amide bonds. The average Bonchev–Trinajstić information content (AvgIpc) is 2.78. The monoisotopic (exact) mass is 409 g/mol. The minimum absolute atomic E-state index is 0.316. The molecule has 1 atom stereocenters. The van der Waals surface area contributed by atoms with Crippen LogP contribution in [0, 0.1) is 5.82 Å². The Labute approximate surface area is 175 Å². The van der Waals surface area contributed by atoms with Crippen molar-refractivity contribution < 1.29 is 23.4 Å². The number of methoxy groups -OCH3 is 2. The van der Waals surface area contributed by atoms with Crippen LogP contribution in [0.5, 0.6) is 17.2 Å². The quantitative estimate of drug-likeness (QED) is 0.583. The molecule has 1 N–H and O–H groups in total. The number of rotatable bonds is 8. The molecule has 0 aliphatic heterocycles. The Hall–Kier alpha value is -3.54. The molecule has 3 rings (SSSR count). The third-order valence-electron chi connectivity index (χ3n) is 4.65. The van der Waals surface area contributed by atoms with E-state index in [1.807, 2.05) is 43.3 Å². The number of hydrogen-bond donors (Lipinski definition) is 1. The molecule has 5 nitrogen and oxygen atoms in total. The average molecular weight is 409 g/mol. The van der Waals surface area contributed by atoms with Gasteiger partial charge in [-0.25, -0.2) is 4.39 Å². The Kier molecular flexibility index (Phi) is 6.91. The van der Waals surface area contributed by atoms with E-state index in [9.17, 15) is 9.18 Å². The van der Waals surface area contributed by atoms with E-state index < -0.39 is 11.9 Å². The SMILES string of the molecule is CCOc1ccc(C(NC(=O)c2ccc(F)cc2)c2ccc(OC)c(OC)c2)cc1. The Bertz CT molecular complexity index is 987. The maximum Gasteiger partial charge on any atom is 0.252 e. The summed E-state index contributed by atoms with van der Waals surface area (Å²) >= 11 is 0. The summed E-state index contributed by atoms with van der Waals surface area (Å²) in [6.45, 7) is 2.49. The summed E-state index contributed by atoms with van der Waals surface area (Å²) in [6, 6.07) is 18.0. The van der Waals surface area contributed by atoms with Crippen molar-refractivity contribution in [3.8, 4) is 17.2 Å². The van der Waals surface area contributed by atoms with Gasteiger partial charge in [-0.2, -0.15) is 0 Å². The molecule has 0 aliphatic carbocycles. The van der Waals surface area contributed by atoms with Gasteiger partial charge in [0.1, 0.15) is 11.6 Å². The summed E-state index contributed by atoms with van der Waals surface area (Å²) in [7, 11) is 3.13. The Morgan fingerprint density at radius 2 is 1.53 bits per heavy atom. The molecule has 30 heavy (non-hydrogen) atoms. The van der Waals surface area contributed by atoms with Crippen molar-refractivity contribution in [2.24, 2.45) is 0 Å². The zero-order chi connectivity index (χ0) is 21.5. The van der Waals surface area contributed by atoms with Crippen LogP contribution in [0.3, 0.4) is 0 Å². The van der Waals surface area contributed by atoms with Crippen LogP contribution in [0.4, 0.5) is 4.39 Å². The fraction of sp³-hybridized carbons (Fsp3) is 0.208. The molecule has 3 aromatic carbocycles. The second-order valence-electron chi connectivity index (χ2n) is 6.53. The topological polar surface area (TPSA) is 56.8 Å². The molecule has 1 unspecified atom stereocenters. The maximum absolute atomic E-state index is 13.2. The van der Waals surface area contributed by atoms with Gasteiger partial charge in [0.05, 0.1) is 26.9 Å². The second kappa shape index (κ2) is 9.78. The van der Waals surface area contributed by atoms with E-state index in [1.54, 1.807) is 20.3 Å². The summed E-state index contributed by atoms with van der Waals surface area (Å²) in [6.07, 6.45) is 0. The summed E-state index contributed by atoms with van der Waals surface area (Å²) in [5.41, 5.74) is 2.04. The molecule has 0 saturated heterocycles. The van der Waals surface area contributed by atoms with E-state index in [-0.39, 0.29) is 5.91 Å². The summed E-state index contributed by atoms with van der Waals surface area (Å²) in [5.74, 6) is 1.19. The van der Waals surface area contributed by atoms with Gasteiger partial charge in [-0.3, -0.25) is 4.79 Å². The van der Waals surface area contributed by atoms with Crippen LogP contribution in [0.1, 0.15) is 34.5 Å². The first-order valence-electron chi connectivity index (χ1n) is 9.56. The molecule has 0 radical (unpaired) electrons. The number of benzene rings is 3. The third kappa shape index (κ3) is 4.89. The minimum atomic E-state index is -0.460. The van der Waals surface area contributed by atoms with E-state index >= 15 is 0 Å². The fourth-order valence-corrected chi connectivity index (χ4v) is 3.13. The highest BCUT2D eigenvalue weighted by atomic mass is 19.1. The molecule has 0 aromatic heterocycles. The first-order valence-corrected chi connectivity index (χ1v) is 9.56.